The molecular weight excluding hydrogens is 448 g/mol. The first-order chi connectivity index (χ1) is 15.7. The van der Waals surface area contributed by atoms with Gasteiger partial charge in [-0.1, -0.05) is 23.4 Å². The van der Waals surface area contributed by atoms with Crippen LogP contribution in [0.15, 0.2) is 42.0 Å². The molecule has 0 radical (unpaired) electrons. The number of carbonyl (C=O) groups is 2. The predicted octanol–water partition coefficient (Wildman–Crippen LogP) is 0.734. The molecule has 9 heteroatoms. The van der Waals surface area contributed by atoms with Crippen molar-refractivity contribution in [1.82, 2.24) is 4.90 Å². The Hall–Kier alpha value is -3.23. The zero-order valence-corrected chi connectivity index (χ0v) is 20.0. The van der Waals surface area contributed by atoms with E-state index in [9.17, 15) is 14.7 Å². The topological polar surface area (TPSA) is 92.6 Å². The second-order valence-electron chi connectivity index (χ2n) is 7.89. The minimum atomic E-state index is -0.928. The molecule has 176 valence electrons. The fourth-order valence-electron chi connectivity index (χ4n) is 3.78. The van der Waals surface area contributed by atoms with Crippen molar-refractivity contribution in [1.29, 1.82) is 0 Å². The summed E-state index contributed by atoms with van der Waals surface area (Å²) in [6.07, 6.45) is 0. The van der Waals surface area contributed by atoms with Gasteiger partial charge in [-0.25, -0.2) is 0 Å². The molecule has 1 heterocycles. The number of carbonyl (C=O) groups excluding carboxylic acids is 2. The highest BCUT2D eigenvalue weighted by Crippen LogP contribution is 2.43. The molecule has 0 spiro atoms. The summed E-state index contributed by atoms with van der Waals surface area (Å²) < 4.78 is 16.0. The maximum Gasteiger partial charge on any atom is 0.295 e. The third-order valence-electron chi connectivity index (χ3n) is 5.53. The highest BCUT2D eigenvalue weighted by atomic mass is 35.5. The van der Waals surface area contributed by atoms with Gasteiger partial charge < -0.3 is 29.1 Å². The molecule has 0 saturated carbocycles. The molecule has 2 aromatic rings. The molecule has 1 unspecified atom stereocenters. The summed E-state index contributed by atoms with van der Waals surface area (Å²) in [5.41, 5.74) is 0.526. The van der Waals surface area contributed by atoms with E-state index >= 15 is 0 Å². The molecule has 8 nitrogen and oxygen atoms in total. The first-order valence-electron chi connectivity index (χ1n) is 10.3. The number of amides is 1. The molecule has 1 N–H and O–H groups in total. The number of quaternary nitrogens is 1. The molecule has 1 atom stereocenters. The number of ketones is 1. The number of nitrogens with one attached hydrogen (secondary N) is 1. The van der Waals surface area contributed by atoms with E-state index in [0.717, 1.165) is 4.90 Å². The molecule has 33 heavy (non-hydrogen) atoms. The highest BCUT2D eigenvalue weighted by molar-refractivity contribution is 6.46. The maximum absolute atomic E-state index is 13.6. The van der Waals surface area contributed by atoms with E-state index in [-0.39, 0.29) is 22.7 Å². The van der Waals surface area contributed by atoms with Gasteiger partial charge >= 0.3 is 0 Å². The molecule has 1 fully saturated rings. The van der Waals surface area contributed by atoms with E-state index in [1.54, 1.807) is 24.3 Å². The van der Waals surface area contributed by atoms with E-state index in [0.29, 0.717) is 29.4 Å². The highest BCUT2D eigenvalue weighted by Gasteiger charge is 2.45. The summed E-state index contributed by atoms with van der Waals surface area (Å²) in [7, 11) is 8.35. The molecule has 0 aromatic heterocycles. The van der Waals surface area contributed by atoms with Crippen molar-refractivity contribution in [2.75, 3.05) is 48.5 Å². The summed E-state index contributed by atoms with van der Waals surface area (Å²) in [5, 5.41) is 13.8. The van der Waals surface area contributed by atoms with Crippen LogP contribution in [0.4, 0.5) is 0 Å². The largest absolute Gasteiger partial charge is 0.872 e. The van der Waals surface area contributed by atoms with Crippen LogP contribution in [0.5, 0.6) is 17.2 Å². The first kappa shape index (κ1) is 24.4. The van der Waals surface area contributed by atoms with Crippen molar-refractivity contribution >= 4 is 29.1 Å². The number of likely N-dealkylation sites (tertiary alicyclic amines) is 1. The Labute approximate surface area is 197 Å². The molecule has 1 aliphatic rings. The number of ether oxygens (including phenoxy) is 3. The smallest absolute Gasteiger partial charge is 0.295 e. The number of halogens is 1. The van der Waals surface area contributed by atoms with E-state index in [1.165, 1.54) is 38.4 Å². The van der Waals surface area contributed by atoms with Crippen LogP contribution in [0.1, 0.15) is 17.2 Å². The molecule has 2 aromatic carbocycles. The third-order valence-corrected chi connectivity index (χ3v) is 5.82. The fraction of sp³-hybridized carbons (Fsp3) is 0.333. The Morgan fingerprint density at radius 2 is 1.70 bits per heavy atom. The second-order valence-corrected chi connectivity index (χ2v) is 8.29. The molecule has 1 saturated heterocycles. The Morgan fingerprint density at radius 1 is 1.03 bits per heavy atom. The number of nitrogens with zero attached hydrogens (tertiary/aromatic N) is 1. The van der Waals surface area contributed by atoms with Gasteiger partial charge in [-0.15, -0.1) is 0 Å². The number of Topliss-reactive ketones (excluding diaryl/α,β-unsaturated/α-hetero) is 1. The standard InChI is InChI=1S/C24H27ClN2O6/c1-26(2)10-11-27-21(16-13-15(31-3)7-9-18(16)32-4)20(23(29)24(27)30)22(28)14-6-8-19(33-5)17(25)12-14/h6-9,12-13,21,28H,10-11H2,1-5H3/b22-20+. The Bertz CT molecular complexity index is 1100. The lowest BCUT2D eigenvalue weighted by molar-refractivity contribution is -0.857. The number of benzene rings is 2. The van der Waals surface area contributed by atoms with Gasteiger partial charge in [-0.2, -0.15) is 0 Å². The predicted molar refractivity (Wildman–Crippen MR) is 122 cm³/mol. The summed E-state index contributed by atoms with van der Waals surface area (Å²) in [6, 6.07) is 8.64. The first-order valence-corrected chi connectivity index (χ1v) is 10.7. The number of hydrogen-bond acceptors (Lipinski definition) is 6. The number of rotatable bonds is 8. The molecule has 3 rings (SSSR count). The molecule has 1 amide bonds. The van der Waals surface area contributed by atoms with Crippen LogP contribution in [0.2, 0.25) is 5.02 Å². The van der Waals surface area contributed by atoms with Gasteiger partial charge in [0.2, 0.25) is 5.78 Å². The SMILES string of the molecule is COc1ccc(OC)c(C2/C(=C(\[O-])c3ccc(OC)c(Cl)c3)C(=O)C(=O)N2CC[NH+](C)C)c1. The quantitative estimate of drug-likeness (QED) is 0.344. The van der Waals surface area contributed by atoms with Crippen LogP contribution >= 0.6 is 11.6 Å². The number of likely N-dealkylation sites (N-methyl/N-ethyl adjacent to an activating group) is 1. The lowest BCUT2D eigenvalue weighted by Crippen LogP contribution is -3.06. The number of hydrogen-bond donors (Lipinski definition) is 1. The summed E-state index contributed by atoms with van der Waals surface area (Å²) in [5.74, 6) is -0.801. The lowest BCUT2D eigenvalue weighted by Gasteiger charge is -2.29. The van der Waals surface area contributed by atoms with Gasteiger partial charge in [-0.3, -0.25) is 9.59 Å². The molecular formula is C24H27ClN2O6. The van der Waals surface area contributed by atoms with Gasteiger partial charge in [0.1, 0.15) is 17.2 Å². The van der Waals surface area contributed by atoms with Crippen LogP contribution in [0, 0.1) is 0 Å². The zero-order chi connectivity index (χ0) is 24.3. The lowest BCUT2D eigenvalue weighted by atomic mass is 9.94. The zero-order valence-electron chi connectivity index (χ0n) is 19.2. The van der Waals surface area contributed by atoms with Gasteiger partial charge in [0.25, 0.3) is 5.91 Å². The van der Waals surface area contributed by atoms with Crippen LogP contribution in [-0.4, -0.2) is 65.1 Å². The summed E-state index contributed by atoms with van der Waals surface area (Å²) in [4.78, 5) is 28.7. The Kier molecular flexibility index (Phi) is 7.50. The van der Waals surface area contributed by atoms with E-state index < -0.39 is 23.5 Å². The van der Waals surface area contributed by atoms with Crippen LogP contribution in [0.25, 0.3) is 5.76 Å². The van der Waals surface area contributed by atoms with E-state index in [1.807, 2.05) is 14.1 Å². The minimum absolute atomic E-state index is 0.151. The van der Waals surface area contributed by atoms with Crippen molar-refractivity contribution in [3.05, 3.63) is 58.1 Å². The minimum Gasteiger partial charge on any atom is -0.872 e. The van der Waals surface area contributed by atoms with Crippen LogP contribution in [0.3, 0.4) is 0 Å². The van der Waals surface area contributed by atoms with Crippen molar-refractivity contribution in [3.63, 3.8) is 0 Å². The van der Waals surface area contributed by atoms with Crippen LogP contribution in [-0.2, 0) is 9.59 Å². The Balaban J connectivity index is 2.24. The normalized spacial score (nSPS) is 17.5. The summed E-state index contributed by atoms with van der Waals surface area (Å²) >= 11 is 6.21. The molecule has 1 aliphatic heterocycles. The monoisotopic (exact) mass is 474 g/mol. The number of methoxy groups -OCH3 is 3. The van der Waals surface area contributed by atoms with E-state index in [4.69, 9.17) is 25.8 Å². The van der Waals surface area contributed by atoms with Gasteiger partial charge in [-0.05, 0) is 35.9 Å². The maximum atomic E-state index is 13.6. The van der Waals surface area contributed by atoms with Gasteiger partial charge in [0.05, 0.1) is 59.6 Å². The van der Waals surface area contributed by atoms with Crippen molar-refractivity contribution in [3.8, 4) is 17.2 Å². The second kappa shape index (κ2) is 10.1. The summed E-state index contributed by atoms with van der Waals surface area (Å²) in [6.45, 7) is 0.857. The molecule has 0 bridgehead atoms. The fourth-order valence-corrected chi connectivity index (χ4v) is 4.04. The Morgan fingerprint density at radius 3 is 2.27 bits per heavy atom. The average molecular weight is 475 g/mol. The van der Waals surface area contributed by atoms with Crippen molar-refractivity contribution < 1.29 is 33.8 Å². The van der Waals surface area contributed by atoms with Gasteiger partial charge in [0.15, 0.2) is 0 Å². The van der Waals surface area contributed by atoms with Gasteiger partial charge in [0, 0.05) is 11.1 Å². The van der Waals surface area contributed by atoms with Crippen LogP contribution < -0.4 is 24.2 Å². The third kappa shape index (κ3) is 4.77. The average Bonchev–Trinajstić information content (AvgIpc) is 3.06. The molecule has 0 aliphatic carbocycles. The van der Waals surface area contributed by atoms with E-state index in [2.05, 4.69) is 0 Å². The van der Waals surface area contributed by atoms with Crippen molar-refractivity contribution in [2.45, 2.75) is 6.04 Å². The van der Waals surface area contributed by atoms with Crippen molar-refractivity contribution in [2.24, 2.45) is 0 Å².